The van der Waals surface area contributed by atoms with Gasteiger partial charge in [-0.15, -0.1) is 0 Å². The minimum Gasteiger partial charge on any atom is -0.384 e. The molecule has 0 radical (unpaired) electrons. The van der Waals surface area contributed by atoms with Gasteiger partial charge in [0.15, 0.2) is 0 Å². The molecule has 1 unspecified atom stereocenters. The van der Waals surface area contributed by atoms with Crippen LogP contribution in [0.2, 0.25) is 0 Å². The molecule has 4 nitrogen and oxygen atoms in total. The van der Waals surface area contributed by atoms with Gasteiger partial charge in [-0.25, -0.2) is 9.97 Å². The van der Waals surface area contributed by atoms with E-state index in [1.165, 1.54) is 24.1 Å². The first-order valence-electron chi connectivity index (χ1n) is 7.94. The molecule has 22 heavy (non-hydrogen) atoms. The van der Waals surface area contributed by atoms with E-state index in [0.717, 1.165) is 30.0 Å². The molecule has 0 bridgehead atoms. The Morgan fingerprint density at radius 1 is 1.14 bits per heavy atom. The Labute approximate surface area is 131 Å². The molecule has 0 aliphatic heterocycles. The zero-order valence-electron chi connectivity index (χ0n) is 13.3. The lowest BCUT2D eigenvalue weighted by molar-refractivity contribution is 0.0714. The van der Waals surface area contributed by atoms with E-state index in [1.807, 2.05) is 44.2 Å². The molecule has 0 fully saturated rings. The number of anilines is 1. The second-order valence-corrected chi connectivity index (χ2v) is 6.25. The molecule has 0 amide bonds. The second kappa shape index (κ2) is 6.05. The molecule has 1 aromatic heterocycles. The van der Waals surface area contributed by atoms with Gasteiger partial charge in [0.05, 0.1) is 0 Å². The van der Waals surface area contributed by atoms with E-state index >= 15 is 0 Å². The summed E-state index contributed by atoms with van der Waals surface area (Å²) in [4.78, 5) is 9.11. The van der Waals surface area contributed by atoms with Crippen molar-refractivity contribution in [2.24, 2.45) is 0 Å². The number of aryl methyl sites for hydroxylation is 2. The summed E-state index contributed by atoms with van der Waals surface area (Å²) in [6, 6.07) is 9.74. The van der Waals surface area contributed by atoms with Gasteiger partial charge in [0.1, 0.15) is 17.2 Å². The first-order valence-corrected chi connectivity index (χ1v) is 7.94. The molecular weight excluding hydrogens is 274 g/mol. The third-order valence-corrected chi connectivity index (χ3v) is 4.29. The maximum absolute atomic E-state index is 10.7. The lowest BCUT2D eigenvalue weighted by Gasteiger charge is -2.26. The molecule has 1 aliphatic carbocycles. The van der Waals surface area contributed by atoms with Crippen LogP contribution in [-0.2, 0) is 18.4 Å². The number of nitrogens with zero attached hydrogens (tertiary/aromatic N) is 2. The van der Waals surface area contributed by atoms with Crippen LogP contribution in [0.4, 0.5) is 5.82 Å². The molecule has 1 atom stereocenters. The van der Waals surface area contributed by atoms with Crippen molar-refractivity contribution in [1.82, 2.24) is 9.97 Å². The van der Waals surface area contributed by atoms with Gasteiger partial charge in [-0.3, -0.25) is 0 Å². The average Bonchev–Trinajstić information content (AvgIpc) is 2.53. The third-order valence-electron chi connectivity index (χ3n) is 4.29. The fourth-order valence-corrected chi connectivity index (χ4v) is 3.02. The molecule has 4 heteroatoms. The van der Waals surface area contributed by atoms with E-state index in [4.69, 9.17) is 0 Å². The SMILES string of the molecule is Cc1nc2c(c(NCC(C)(O)c3ccccc3)n1)CCCC2. The number of rotatable bonds is 4. The number of aromatic nitrogens is 2. The van der Waals surface area contributed by atoms with Crippen molar-refractivity contribution in [1.29, 1.82) is 0 Å². The van der Waals surface area contributed by atoms with Gasteiger partial charge in [0.2, 0.25) is 0 Å². The van der Waals surface area contributed by atoms with Gasteiger partial charge in [-0.1, -0.05) is 30.3 Å². The molecule has 2 aromatic rings. The van der Waals surface area contributed by atoms with Crippen LogP contribution in [0.15, 0.2) is 30.3 Å². The number of aliphatic hydroxyl groups is 1. The normalized spacial score (nSPS) is 16.7. The van der Waals surface area contributed by atoms with Crippen molar-refractivity contribution in [3.63, 3.8) is 0 Å². The van der Waals surface area contributed by atoms with Crippen LogP contribution in [-0.4, -0.2) is 21.6 Å². The molecule has 3 rings (SSSR count). The summed E-state index contributed by atoms with van der Waals surface area (Å²) in [5, 5.41) is 14.1. The molecular formula is C18H23N3O. The van der Waals surface area contributed by atoms with Crippen LogP contribution >= 0.6 is 0 Å². The van der Waals surface area contributed by atoms with E-state index in [0.29, 0.717) is 6.54 Å². The quantitative estimate of drug-likeness (QED) is 0.911. The van der Waals surface area contributed by atoms with E-state index in [2.05, 4.69) is 15.3 Å². The molecule has 1 aliphatic rings. The van der Waals surface area contributed by atoms with E-state index in [9.17, 15) is 5.11 Å². The summed E-state index contributed by atoms with van der Waals surface area (Å²) in [6.07, 6.45) is 4.43. The number of benzene rings is 1. The van der Waals surface area contributed by atoms with E-state index in [1.54, 1.807) is 0 Å². The summed E-state index contributed by atoms with van der Waals surface area (Å²) in [6.45, 7) is 4.19. The highest BCUT2D eigenvalue weighted by Crippen LogP contribution is 2.27. The lowest BCUT2D eigenvalue weighted by Crippen LogP contribution is -2.31. The van der Waals surface area contributed by atoms with Gasteiger partial charge in [-0.2, -0.15) is 0 Å². The lowest BCUT2D eigenvalue weighted by atomic mass is 9.94. The van der Waals surface area contributed by atoms with Gasteiger partial charge >= 0.3 is 0 Å². The van der Waals surface area contributed by atoms with Crippen LogP contribution in [0, 0.1) is 6.92 Å². The van der Waals surface area contributed by atoms with Crippen molar-refractivity contribution >= 4 is 5.82 Å². The Morgan fingerprint density at radius 3 is 2.64 bits per heavy atom. The number of hydrogen-bond acceptors (Lipinski definition) is 4. The van der Waals surface area contributed by atoms with Crippen molar-refractivity contribution in [3.8, 4) is 0 Å². The highest BCUT2D eigenvalue weighted by Gasteiger charge is 2.24. The summed E-state index contributed by atoms with van der Waals surface area (Å²) in [7, 11) is 0. The van der Waals surface area contributed by atoms with Crippen LogP contribution in [0.5, 0.6) is 0 Å². The number of fused-ring (bicyclic) bond motifs is 1. The Kier molecular flexibility index (Phi) is 4.12. The number of hydrogen-bond donors (Lipinski definition) is 2. The second-order valence-electron chi connectivity index (χ2n) is 6.25. The predicted octanol–water partition coefficient (Wildman–Crippen LogP) is 2.98. The Bertz CT molecular complexity index is 653. The fraction of sp³-hybridized carbons (Fsp3) is 0.444. The van der Waals surface area contributed by atoms with Gasteiger partial charge in [0.25, 0.3) is 0 Å². The van der Waals surface area contributed by atoms with E-state index < -0.39 is 5.60 Å². The van der Waals surface area contributed by atoms with Crippen molar-refractivity contribution in [2.75, 3.05) is 11.9 Å². The summed E-state index contributed by atoms with van der Waals surface area (Å²) < 4.78 is 0. The van der Waals surface area contributed by atoms with Crippen LogP contribution in [0.25, 0.3) is 0 Å². The monoisotopic (exact) mass is 297 g/mol. The van der Waals surface area contributed by atoms with Crippen molar-refractivity contribution in [3.05, 3.63) is 53.0 Å². The average molecular weight is 297 g/mol. The fourth-order valence-electron chi connectivity index (χ4n) is 3.02. The van der Waals surface area contributed by atoms with Gasteiger partial charge in [0, 0.05) is 17.8 Å². The maximum atomic E-state index is 10.7. The highest BCUT2D eigenvalue weighted by atomic mass is 16.3. The van der Waals surface area contributed by atoms with Gasteiger partial charge < -0.3 is 10.4 Å². The first kappa shape index (κ1) is 15.0. The Hall–Kier alpha value is -1.94. The third kappa shape index (κ3) is 3.12. The Balaban J connectivity index is 1.81. The smallest absolute Gasteiger partial charge is 0.133 e. The minimum atomic E-state index is -0.929. The molecule has 0 saturated heterocycles. The Morgan fingerprint density at radius 2 is 1.86 bits per heavy atom. The topological polar surface area (TPSA) is 58.0 Å². The maximum Gasteiger partial charge on any atom is 0.133 e. The summed E-state index contributed by atoms with van der Waals surface area (Å²) in [5.74, 6) is 1.68. The molecule has 0 saturated carbocycles. The predicted molar refractivity (Wildman–Crippen MR) is 87.9 cm³/mol. The molecule has 0 spiro atoms. The summed E-state index contributed by atoms with van der Waals surface area (Å²) in [5.41, 5.74) is 2.37. The first-order chi connectivity index (χ1) is 10.6. The number of nitrogens with one attached hydrogen (secondary N) is 1. The van der Waals surface area contributed by atoms with Crippen LogP contribution < -0.4 is 5.32 Å². The van der Waals surface area contributed by atoms with Gasteiger partial charge in [-0.05, 0) is 45.1 Å². The zero-order valence-corrected chi connectivity index (χ0v) is 13.3. The molecule has 116 valence electrons. The standard InChI is InChI=1S/C18H23N3O/c1-13-20-16-11-7-6-10-15(16)17(21-13)19-12-18(2,22)14-8-4-3-5-9-14/h3-5,8-9,22H,6-7,10-12H2,1-2H3,(H,19,20,21). The van der Waals surface area contributed by atoms with Crippen molar-refractivity contribution < 1.29 is 5.11 Å². The minimum absolute atomic E-state index is 0.430. The zero-order chi connectivity index (χ0) is 15.6. The van der Waals surface area contributed by atoms with Crippen molar-refractivity contribution in [2.45, 2.75) is 45.1 Å². The molecule has 1 heterocycles. The van der Waals surface area contributed by atoms with E-state index in [-0.39, 0.29) is 0 Å². The highest BCUT2D eigenvalue weighted by molar-refractivity contribution is 5.48. The van der Waals surface area contributed by atoms with Crippen LogP contribution in [0.1, 0.15) is 42.4 Å². The molecule has 2 N–H and O–H groups in total. The molecule has 1 aromatic carbocycles. The largest absolute Gasteiger partial charge is 0.384 e. The van der Waals surface area contributed by atoms with Crippen LogP contribution in [0.3, 0.4) is 0 Å². The summed E-state index contributed by atoms with van der Waals surface area (Å²) >= 11 is 0.